The van der Waals surface area contributed by atoms with Gasteiger partial charge in [0.1, 0.15) is 5.76 Å². The van der Waals surface area contributed by atoms with Crippen LogP contribution in [0.3, 0.4) is 0 Å². The summed E-state index contributed by atoms with van der Waals surface area (Å²) in [7, 11) is 0. The standard InChI is InChI=1S/C25H31BrN4O5/c1-5-34-22(31)12-13-29-24(32)28-23(27-19-10-11-21(20(26)14-19)35-16(2)3)30(25(29)33)15-18-8-6-17(4)7-9-18/h6-11,16,19H,5,12-15H2,1-4H3,(H,27,28,32). The highest BCUT2D eigenvalue weighted by Crippen LogP contribution is 2.27. The fraction of sp³-hybridized carbons (Fsp3) is 0.440. The van der Waals surface area contributed by atoms with E-state index >= 15 is 0 Å². The second-order valence-electron chi connectivity index (χ2n) is 8.51. The van der Waals surface area contributed by atoms with E-state index in [0.29, 0.717) is 6.42 Å². The van der Waals surface area contributed by atoms with Gasteiger partial charge in [-0.05, 0) is 39.3 Å². The van der Waals surface area contributed by atoms with E-state index in [4.69, 9.17) is 9.47 Å². The molecule has 1 aliphatic rings. The van der Waals surface area contributed by atoms with Gasteiger partial charge in [-0.1, -0.05) is 51.8 Å². The third-order valence-electron chi connectivity index (χ3n) is 5.26. The van der Waals surface area contributed by atoms with E-state index < -0.39 is 17.3 Å². The number of hydrogen-bond donors (Lipinski definition) is 1. The minimum Gasteiger partial charge on any atom is -0.490 e. The van der Waals surface area contributed by atoms with Gasteiger partial charge >= 0.3 is 17.3 Å². The highest BCUT2D eigenvalue weighted by atomic mass is 79.9. The summed E-state index contributed by atoms with van der Waals surface area (Å²) in [6.07, 6.45) is 4.19. The van der Waals surface area contributed by atoms with Gasteiger partial charge in [-0.3, -0.25) is 14.3 Å². The van der Waals surface area contributed by atoms with Gasteiger partial charge in [0.25, 0.3) is 0 Å². The van der Waals surface area contributed by atoms with E-state index in [-0.39, 0.29) is 43.9 Å². The number of esters is 1. The highest BCUT2D eigenvalue weighted by Gasteiger charge is 2.18. The SMILES string of the molecule is CCOC(=O)CCn1c(=O)[nH]/c(=N\C2C=CC(OC(C)C)=C(Br)C2)n(Cc2ccc(C)cc2)c1=O. The van der Waals surface area contributed by atoms with Crippen LogP contribution in [-0.4, -0.2) is 38.8 Å². The number of aryl methyl sites for hydroxylation is 1. The fourth-order valence-electron chi connectivity index (χ4n) is 3.55. The van der Waals surface area contributed by atoms with Crippen molar-refractivity contribution in [2.24, 2.45) is 4.99 Å². The molecule has 10 heteroatoms. The van der Waals surface area contributed by atoms with Gasteiger partial charge < -0.3 is 9.47 Å². The Labute approximate surface area is 211 Å². The molecule has 1 atom stereocenters. The molecule has 0 spiro atoms. The number of aromatic nitrogens is 3. The van der Waals surface area contributed by atoms with Crippen molar-refractivity contribution in [1.82, 2.24) is 14.1 Å². The monoisotopic (exact) mass is 546 g/mol. The first kappa shape index (κ1) is 26.5. The Morgan fingerprint density at radius 3 is 2.57 bits per heavy atom. The summed E-state index contributed by atoms with van der Waals surface area (Å²) in [5.41, 5.74) is 0.967. The van der Waals surface area contributed by atoms with Gasteiger partial charge in [0.05, 0.1) is 31.7 Å². The summed E-state index contributed by atoms with van der Waals surface area (Å²) in [6.45, 7) is 7.95. The molecule has 1 N–H and O–H groups in total. The number of carbonyl (C=O) groups is 1. The molecule has 188 valence electrons. The number of rotatable bonds is 9. The Bertz CT molecular complexity index is 1300. The molecule has 1 aliphatic carbocycles. The van der Waals surface area contributed by atoms with Crippen molar-refractivity contribution in [3.05, 3.63) is 84.4 Å². The molecule has 1 heterocycles. The Hall–Kier alpha value is -3.14. The van der Waals surface area contributed by atoms with E-state index in [0.717, 1.165) is 25.9 Å². The molecule has 1 unspecified atom stereocenters. The number of hydrogen-bond acceptors (Lipinski definition) is 6. The Morgan fingerprint density at radius 2 is 1.94 bits per heavy atom. The van der Waals surface area contributed by atoms with E-state index in [1.807, 2.05) is 57.2 Å². The zero-order valence-corrected chi connectivity index (χ0v) is 22.0. The normalized spacial score (nSPS) is 16.2. The molecule has 0 saturated heterocycles. The van der Waals surface area contributed by atoms with Crippen LogP contribution in [0.5, 0.6) is 0 Å². The van der Waals surface area contributed by atoms with Crippen LogP contribution in [0.25, 0.3) is 0 Å². The lowest BCUT2D eigenvalue weighted by Crippen LogP contribution is -2.50. The average Bonchev–Trinajstić information content (AvgIpc) is 2.79. The minimum absolute atomic E-state index is 0.0332. The number of ether oxygens (including phenoxy) is 2. The van der Waals surface area contributed by atoms with Crippen LogP contribution in [-0.2, 0) is 27.4 Å². The minimum atomic E-state index is -0.628. The van der Waals surface area contributed by atoms with Crippen molar-refractivity contribution in [3.63, 3.8) is 0 Å². The summed E-state index contributed by atoms with van der Waals surface area (Å²) in [6, 6.07) is 7.46. The number of benzene rings is 1. The number of aromatic amines is 1. The summed E-state index contributed by atoms with van der Waals surface area (Å²) < 4.78 is 14.0. The third-order valence-corrected chi connectivity index (χ3v) is 5.98. The van der Waals surface area contributed by atoms with Gasteiger partial charge in [0.2, 0.25) is 5.62 Å². The van der Waals surface area contributed by atoms with Crippen molar-refractivity contribution >= 4 is 21.9 Å². The largest absolute Gasteiger partial charge is 0.490 e. The van der Waals surface area contributed by atoms with Crippen molar-refractivity contribution < 1.29 is 14.3 Å². The molecule has 0 bridgehead atoms. The van der Waals surface area contributed by atoms with Gasteiger partial charge in [0, 0.05) is 17.4 Å². The van der Waals surface area contributed by atoms with E-state index in [9.17, 15) is 14.4 Å². The Balaban J connectivity index is 2.01. The first-order valence-corrected chi connectivity index (χ1v) is 12.4. The summed E-state index contributed by atoms with van der Waals surface area (Å²) >= 11 is 3.56. The summed E-state index contributed by atoms with van der Waals surface area (Å²) in [4.78, 5) is 45.4. The highest BCUT2D eigenvalue weighted by molar-refractivity contribution is 9.11. The van der Waals surface area contributed by atoms with Gasteiger partial charge in [-0.25, -0.2) is 19.1 Å². The molecular weight excluding hydrogens is 516 g/mol. The van der Waals surface area contributed by atoms with Crippen molar-refractivity contribution in [1.29, 1.82) is 0 Å². The molecule has 0 aliphatic heterocycles. The smallest absolute Gasteiger partial charge is 0.335 e. The van der Waals surface area contributed by atoms with Gasteiger partial charge in [0.15, 0.2) is 0 Å². The first-order valence-electron chi connectivity index (χ1n) is 11.6. The number of carbonyl (C=O) groups excluding carboxylic acids is 1. The lowest BCUT2D eigenvalue weighted by atomic mass is 10.1. The molecule has 0 fully saturated rings. The number of H-pyrrole nitrogens is 1. The van der Waals surface area contributed by atoms with Crippen molar-refractivity contribution in [2.75, 3.05) is 6.61 Å². The maximum Gasteiger partial charge on any atom is 0.335 e. The van der Waals surface area contributed by atoms with E-state index in [1.54, 1.807) is 6.92 Å². The second-order valence-corrected chi connectivity index (χ2v) is 9.47. The maximum absolute atomic E-state index is 13.4. The molecular formula is C25H31BrN4O5. The van der Waals surface area contributed by atoms with Crippen LogP contribution in [0.4, 0.5) is 0 Å². The molecule has 3 rings (SSSR count). The molecule has 2 aromatic rings. The van der Waals surface area contributed by atoms with Crippen LogP contribution in [0.15, 0.2) is 61.2 Å². The predicted octanol–water partition coefficient (Wildman–Crippen LogP) is 2.91. The van der Waals surface area contributed by atoms with Crippen LogP contribution >= 0.6 is 15.9 Å². The molecule has 1 aromatic carbocycles. The van der Waals surface area contributed by atoms with E-state index in [2.05, 4.69) is 25.9 Å². The number of halogens is 1. The summed E-state index contributed by atoms with van der Waals surface area (Å²) in [5, 5.41) is 0. The van der Waals surface area contributed by atoms with Crippen LogP contribution < -0.4 is 17.0 Å². The zero-order valence-electron chi connectivity index (χ0n) is 20.4. The topological polar surface area (TPSA) is 108 Å². The molecule has 0 amide bonds. The lowest BCUT2D eigenvalue weighted by molar-refractivity contribution is -0.143. The molecule has 35 heavy (non-hydrogen) atoms. The first-order chi connectivity index (χ1) is 16.7. The molecule has 0 saturated carbocycles. The maximum atomic E-state index is 13.4. The average molecular weight is 547 g/mol. The quantitative estimate of drug-likeness (QED) is 0.486. The van der Waals surface area contributed by atoms with Crippen molar-refractivity contribution in [2.45, 2.75) is 65.8 Å². The number of nitrogens with one attached hydrogen (secondary N) is 1. The van der Waals surface area contributed by atoms with Crippen LogP contribution in [0.2, 0.25) is 0 Å². The predicted molar refractivity (Wildman–Crippen MR) is 136 cm³/mol. The van der Waals surface area contributed by atoms with Crippen LogP contribution in [0, 0.1) is 6.92 Å². The van der Waals surface area contributed by atoms with Gasteiger partial charge in [-0.2, -0.15) is 0 Å². The van der Waals surface area contributed by atoms with Crippen LogP contribution in [0.1, 0.15) is 44.7 Å². The Kier molecular flexibility index (Phi) is 9.08. The van der Waals surface area contributed by atoms with Gasteiger partial charge in [-0.15, -0.1) is 0 Å². The van der Waals surface area contributed by atoms with E-state index in [1.165, 1.54) is 4.57 Å². The second kappa shape index (κ2) is 12.0. The third kappa shape index (κ3) is 7.17. The number of nitrogens with zero attached hydrogens (tertiary/aromatic N) is 3. The molecule has 0 radical (unpaired) electrons. The lowest BCUT2D eigenvalue weighted by Gasteiger charge is -2.19. The Morgan fingerprint density at radius 1 is 1.23 bits per heavy atom. The molecule has 1 aromatic heterocycles. The number of allylic oxidation sites excluding steroid dienone is 1. The fourth-order valence-corrected chi connectivity index (χ4v) is 4.11. The molecule has 9 nitrogen and oxygen atoms in total. The van der Waals surface area contributed by atoms with Crippen molar-refractivity contribution in [3.8, 4) is 0 Å². The summed E-state index contributed by atoms with van der Waals surface area (Å²) in [5.74, 6) is 0.267. The zero-order chi connectivity index (χ0) is 25.5.